The summed E-state index contributed by atoms with van der Waals surface area (Å²) in [6.07, 6.45) is 0. The van der Waals surface area contributed by atoms with Crippen molar-refractivity contribution in [3.8, 4) is 0 Å². The van der Waals surface area contributed by atoms with E-state index in [4.69, 9.17) is 0 Å². The van der Waals surface area contributed by atoms with Crippen molar-refractivity contribution in [2.75, 3.05) is 31.1 Å². The van der Waals surface area contributed by atoms with Crippen LogP contribution in [0.3, 0.4) is 0 Å². The maximum Gasteiger partial charge on any atom is 0.329 e. The summed E-state index contributed by atoms with van der Waals surface area (Å²) in [6, 6.07) is 8.03. The average Bonchev–Trinajstić information content (AvgIpc) is 2.59. The molecule has 25 heavy (non-hydrogen) atoms. The van der Waals surface area contributed by atoms with E-state index < -0.39 is 21.3 Å². The Kier molecular flexibility index (Phi) is 4.85. The number of hydrogen-bond donors (Lipinski definition) is 1. The van der Waals surface area contributed by atoms with Gasteiger partial charge in [-0.15, -0.1) is 0 Å². The van der Waals surface area contributed by atoms with E-state index in [1.54, 1.807) is 29.2 Å². The normalized spacial score (nSPS) is 16.2. The van der Waals surface area contributed by atoms with Crippen molar-refractivity contribution in [3.63, 3.8) is 0 Å². The molecule has 0 saturated carbocycles. The quantitative estimate of drug-likeness (QED) is 0.760. The number of nitrogens with zero attached hydrogens (tertiary/aromatic N) is 3. The third kappa shape index (κ3) is 3.42. The van der Waals surface area contributed by atoms with Gasteiger partial charge in [0.25, 0.3) is 5.56 Å². The number of nitrogens with one attached hydrogen (secondary N) is 1. The number of rotatable bonds is 3. The predicted molar refractivity (Wildman–Crippen MR) is 97.4 cm³/mol. The summed E-state index contributed by atoms with van der Waals surface area (Å²) in [7, 11) is -2.20. The first kappa shape index (κ1) is 17.9. The van der Waals surface area contributed by atoms with E-state index in [1.807, 2.05) is 0 Å². The Morgan fingerprint density at radius 3 is 2.32 bits per heavy atom. The van der Waals surface area contributed by atoms with Crippen molar-refractivity contribution in [3.05, 3.63) is 55.6 Å². The van der Waals surface area contributed by atoms with Gasteiger partial charge in [0.2, 0.25) is 10.0 Å². The van der Waals surface area contributed by atoms with Crippen LogP contribution in [0.2, 0.25) is 0 Å². The second-order valence-corrected chi connectivity index (χ2v) is 8.44. The van der Waals surface area contributed by atoms with Crippen molar-refractivity contribution in [2.45, 2.75) is 4.90 Å². The number of sulfonamides is 1. The molecule has 0 radical (unpaired) electrons. The van der Waals surface area contributed by atoms with Gasteiger partial charge in [0.1, 0.15) is 5.82 Å². The monoisotopic (exact) mass is 428 g/mol. The van der Waals surface area contributed by atoms with Crippen molar-refractivity contribution >= 4 is 31.8 Å². The van der Waals surface area contributed by atoms with Crippen LogP contribution in [-0.2, 0) is 17.1 Å². The van der Waals surface area contributed by atoms with E-state index in [2.05, 4.69) is 20.9 Å². The molecule has 0 amide bonds. The third-order valence-electron chi connectivity index (χ3n) is 4.16. The number of anilines is 1. The van der Waals surface area contributed by atoms with E-state index >= 15 is 0 Å². The van der Waals surface area contributed by atoms with Crippen LogP contribution in [0.5, 0.6) is 0 Å². The Balaban J connectivity index is 1.79. The fourth-order valence-corrected chi connectivity index (χ4v) is 5.06. The highest BCUT2D eigenvalue weighted by Gasteiger charge is 2.30. The summed E-state index contributed by atoms with van der Waals surface area (Å²) < 4.78 is 28.5. The lowest BCUT2D eigenvalue weighted by atomic mass is 10.3. The van der Waals surface area contributed by atoms with Crippen molar-refractivity contribution in [1.29, 1.82) is 0 Å². The number of H-pyrrole nitrogens is 1. The second kappa shape index (κ2) is 6.77. The number of halogens is 1. The van der Waals surface area contributed by atoms with Gasteiger partial charge in [-0.3, -0.25) is 14.3 Å². The van der Waals surface area contributed by atoms with E-state index in [0.29, 0.717) is 23.4 Å². The third-order valence-corrected chi connectivity index (χ3v) is 7.07. The molecule has 134 valence electrons. The van der Waals surface area contributed by atoms with Crippen LogP contribution in [0.25, 0.3) is 0 Å². The molecule has 0 atom stereocenters. The minimum atomic E-state index is -3.60. The zero-order chi connectivity index (χ0) is 18.2. The zero-order valence-electron chi connectivity index (χ0n) is 13.5. The van der Waals surface area contributed by atoms with Crippen LogP contribution in [-0.4, -0.2) is 48.5 Å². The molecule has 10 heteroatoms. The molecule has 0 aliphatic carbocycles. The maximum atomic E-state index is 12.8. The number of aromatic amines is 1. The molecule has 3 rings (SSSR count). The molecule has 0 spiro atoms. The van der Waals surface area contributed by atoms with Crippen molar-refractivity contribution < 1.29 is 8.42 Å². The first-order valence-corrected chi connectivity index (χ1v) is 9.84. The molecule has 2 aromatic rings. The van der Waals surface area contributed by atoms with E-state index in [0.717, 1.165) is 4.57 Å². The molecule has 2 heterocycles. The molecule has 1 saturated heterocycles. The number of piperazine rings is 1. The molecule has 1 aromatic heterocycles. The fourth-order valence-electron chi connectivity index (χ4n) is 2.68. The van der Waals surface area contributed by atoms with Gasteiger partial charge >= 0.3 is 5.69 Å². The van der Waals surface area contributed by atoms with Gasteiger partial charge in [0.05, 0.1) is 4.90 Å². The van der Waals surface area contributed by atoms with Gasteiger partial charge in [-0.25, -0.2) is 13.2 Å². The summed E-state index contributed by atoms with van der Waals surface area (Å²) >= 11 is 3.28. The lowest BCUT2D eigenvalue weighted by Crippen LogP contribution is -2.49. The van der Waals surface area contributed by atoms with Gasteiger partial charge in [-0.2, -0.15) is 4.31 Å². The lowest BCUT2D eigenvalue weighted by Gasteiger charge is -2.35. The molecule has 1 aliphatic heterocycles. The average molecular weight is 429 g/mol. The Morgan fingerprint density at radius 2 is 1.72 bits per heavy atom. The topological polar surface area (TPSA) is 95.5 Å². The first-order valence-electron chi connectivity index (χ1n) is 7.60. The SMILES string of the molecule is Cn1c(=O)cc(N2CCN(S(=O)(=O)c3ccccc3Br)CC2)[nH]c1=O. The van der Waals surface area contributed by atoms with Crippen molar-refractivity contribution in [2.24, 2.45) is 7.05 Å². The van der Waals surface area contributed by atoms with Gasteiger partial charge < -0.3 is 4.90 Å². The van der Waals surface area contributed by atoms with Gasteiger partial charge in [-0.1, -0.05) is 12.1 Å². The molecule has 0 bridgehead atoms. The first-order chi connectivity index (χ1) is 11.8. The smallest absolute Gasteiger partial charge is 0.329 e. The van der Waals surface area contributed by atoms with E-state index in [1.165, 1.54) is 17.4 Å². The van der Waals surface area contributed by atoms with Gasteiger partial charge in [-0.05, 0) is 28.1 Å². The highest BCUT2D eigenvalue weighted by atomic mass is 79.9. The molecule has 8 nitrogen and oxygen atoms in total. The molecule has 1 N–H and O–H groups in total. The molecule has 1 aliphatic rings. The van der Waals surface area contributed by atoms with Crippen molar-refractivity contribution in [1.82, 2.24) is 13.9 Å². The Hall–Kier alpha value is -1.91. The molecular formula is C15H17BrN4O4S. The molecule has 1 aromatic carbocycles. The number of aromatic nitrogens is 2. The fraction of sp³-hybridized carbons (Fsp3) is 0.333. The molecule has 1 fully saturated rings. The highest BCUT2D eigenvalue weighted by molar-refractivity contribution is 9.10. The largest absolute Gasteiger partial charge is 0.355 e. The summed E-state index contributed by atoms with van der Waals surface area (Å²) in [4.78, 5) is 28.1. The standard InChI is InChI=1S/C15H17BrN4O4S/c1-18-14(21)10-13(17-15(18)22)19-6-8-20(9-7-19)25(23,24)12-5-3-2-4-11(12)16/h2-5,10H,6-9H2,1H3,(H,17,22). The van der Waals surface area contributed by atoms with Crippen LogP contribution in [0.1, 0.15) is 0 Å². The number of hydrogen-bond acceptors (Lipinski definition) is 5. The van der Waals surface area contributed by atoms with Gasteiger partial charge in [0, 0.05) is 43.8 Å². The summed E-state index contributed by atoms with van der Waals surface area (Å²) in [5, 5.41) is 0. The maximum absolute atomic E-state index is 12.8. The van der Waals surface area contributed by atoms with Crippen LogP contribution < -0.4 is 16.1 Å². The lowest BCUT2D eigenvalue weighted by molar-refractivity contribution is 0.383. The van der Waals surface area contributed by atoms with Crippen LogP contribution >= 0.6 is 15.9 Å². The summed E-state index contributed by atoms with van der Waals surface area (Å²) in [5.41, 5.74) is -0.896. The summed E-state index contributed by atoms with van der Waals surface area (Å²) in [6.45, 7) is 1.29. The summed E-state index contributed by atoms with van der Waals surface area (Å²) in [5.74, 6) is 0.408. The zero-order valence-corrected chi connectivity index (χ0v) is 15.9. The minimum absolute atomic E-state index is 0.227. The second-order valence-electron chi connectivity index (χ2n) is 5.68. The van der Waals surface area contributed by atoms with Gasteiger partial charge in [0.15, 0.2) is 0 Å². The van der Waals surface area contributed by atoms with Crippen LogP contribution in [0.4, 0.5) is 5.82 Å². The van der Waals surface area contributed by atoms with Crippen LogP contribution in [0.15, 0.2) is 49.3 Å². The Labute approximate surface area is 152 Å². The number of benzene rings is 1. The van der Waals surface area contributed by atoms with Crippen LogP contribution in [0, 0.1) is 0 Å². The Morgan fingerprint density at radius 1 is 1.08 bits per heavy atom. The van der Waals surface area contributed by atoms with E-state index in [-0.39, 0.29) is 18.0 Å². The molecular weight excluding hydrogens is 412 g/mol. The van der Waals surface area contributed by atoms with E-state index in [9.17, 15) is 18.0 Å². The predicted octanol–water partition coefficient (Wildman–Crippen LogP) is 0.347. The Bertz CT molecular complexity index is 975. The molecule has 0 unspecified atom stereocenters. The highest BCUT2D eigenvalue weighted by Crippen LogP contribution is 2.25. The minimum Gasteiger partial charge on any atom is -0.355 e.